The van der Waals surface area contributed by atoms with Crippen molar-refractivity contribution in [3.05, 3.63) is 65.7 Å². The number of rotatable bonds is 4. The molecule has 1 aliphatic rings. The summed E-state index contributed by atoms with van der Waals surface area (Å²) in [6.45, 7) is 1.79. The summed E-state index contributed by atoms with van der Waals surface area (Å²) in [5, 5.41) is 15.7. The molecule has 1 aromatic heterocycles. The summed E-state index contributed by atoms with van der Waals surface area (Å²) >= 11 is 0. The summed E-state index contributed by atoms with van der Waals surface area (Å²) in [6, 6.07) is 17.5. The monoisotopic (exact) mass is 347 g/mol. The van der Waals surface area contributed by atoms with E-state index in [1.54, 1.807) is 6.92 Å². The zero-order valence-electron chi connectivity index (χ0n) is 14.7. The van der Waals surface area contributed by atoms with E-state index in [4.69, 9.17) is 0 Å². The first kappa shape index (κ1) is 16.4. The molecule has 6 nitrogen and oxygen atoms in total. The van der Waals surface area contributed by atoms with Crippen LogP contribution in [0, 0.1) is 0 Å². The number of tetrazole rings is 1. The van der Waals surface area contributed by atoms with E-state index >= 15 is 0 Å². The van der Waals surface area contributed by atoms with E-state index in [2.05, 4.69) is 38.9 Å². The Morgan fingerprint density at radius 2 is 1.92 bits per heavy atom. The van der Waals surface area contributed by atoms with Gasteiger partial charge in [0.15, 0.2) is 0 Å². The first-order valence-corrected chi connectivity index (χ1v) is 8.95. The second kappa shape index (κ2) is 7.07. The lowest BCUT2D eigenvalue weighted by Crippen LogP contribution is -2.36. The highest BCUT2D eigenvalue weighted by Crippen LogP contribution is 2.29. The van der Waals surface area contributed by atoms with Gasteiger partial charge in [0.05, 0.1) is 6.04 Å². The van der Waals surface area contributed by atoms with Crippen LogP contribution in [0.3, 0.4) is 0 Å². The van der Waals surface area contributed by atoms with Crippen LogP contribution < -0.4 is 5.32 Å². The largest absolute Gasteiger partial charge is 0.347 e. The molecule has 2 unspecified atom stereocenters. The number of aryl methyl sites for hydroxylation is 1. The van der Waals surface area contributed by atoms with E-state index in [0.29, 0.717) is 5.82 Å². The lowest BCUT2D eigenvalue weighted by atomic mass is 9.87. The summed E-state index contributed by atoms with van der Waals surface area (Å²) in [7, 11) is 0. The van der Waals surface area contributed by atoms with Crippen molar-refractivity contribution in [1.82, 2.24) is 25.5 Å². The van der Waals surface area contributed by atoms with Crippen LogP contribution in [0.2, 0.25) is 0 Å². The van der Waals surface area contributed by atoms with Gasteiger partial charge in [-0.25, -0.2) is 0 Å². The molecule has 0 saturated carbocycles. The molecular weight excluding hydrogens is 326 g/mol. The van der Waals surface area contributed by atoms with Crippen molar-refractivity contribution >= 4 is 5.91 Å². The third-order valence-corrected chi connectivity index (χ3v) is 4.87. The lowest BCUT2D eigenvalue weighted by Gasteiger charge is -2.27. The number of nitrogens with one attached hydrogen (secondary N) is 1. The van der Waals surface area contributed by atoms with E-state index in [0.717, 1.165) is 24.8 Å². The molecule has 0 spiro atoms. The van der Waals surface area contributed by atoms with Crippen molar-refractivity contribution in [2.24, 2.45) is 0 Å². The maximum Gasteiger partial charge on any atom is 0.247 e. The average molecular weight is 347 g/mol. The summed E-state index contributed by atoms with van der Waals surface area (Å²) < 4.78 is 0. The van der Waals surface area contributed by atoms with Gasteiger partial charge in [-0.15, -0.1) is 10.2 Å². The average Bonchev–Trinajstić information content (AvgIpc) is 3.18. The molecule has 1 aliphatic carbocycles. The maximum absolute atomic E-state index is 12.7. The first-order valence-electron chi connectivity index (χ1n) is 8.95. The quantitative estimate of drug-likeness (QED) is 0.787. The molecule has 2 aromatic carbocycles. The van der Waals surface area contributed by atoms with Crippen LogP contribution in [0.25, 0.3) is 11.4 Å². The Bertz CT molecular complexity index is 905. The van der Waals surface area contributed by atoms with Gasteiger partial charge in [-0.2, -0.15) is 4.80 Å². The number of carbonyl (C=O) groups excluding carboxylic acids is 1. The normalized spacial score (nSPS) is 17.3. The Kier molecular flexibility index (Phi) is 4.48. The van der Waals surface area contributed by atoms with Gasteiger partial charge in [-0.05, 0) is 42.5 Å². The van der Waals surface area contributed by atoms with E-state index in [9.17, 15) is 4.79 Å². The molecule has 26 heavy (non-hydrogen) atoms. The zero-order chi connectivity index (χ0) is 17.9. The predicted molar refractivity (Wildman–Crippen MR) is 98.2 cm³/mol. The van der Waals surface area contributed by atoms with Crippen LogP contribution in [0.1, 0.15) is 43.0 Å². The molecule has 0 saturated heterocycles. The van der Waals surface area contributed by atoms with Crippen LogP contribution in [-0.2, 0) is 11.2 Å². The highest BCUT2D eigenvalue weighted by atomic mass is 16.2. The van der Waals surface area contributed by atoms with E-state index in [1.165, 1.54) is 15.9 Å². The van der Waals surface area contributed by atoms with Crippen LogP contribution in [-0.4, -0.2) is 26.1 Å². The van der Waals surface area contributed by atoms with Gasteiger partial charge in [0.25, 0.3) is 0 Å². The molecule has 1 amide bonds. The zero-order valence-corrected chi connectivity index (χ0v) is 14.7. The van der Waals surface area contributed by atoms with Gasteiger partial charge in [-0.1, -0.05) is 54.6 Å². The van der Waals surface area contributed by atoms with E-state index in [-0.39, 0.29) is 11.9 Å². The van der Waals surface area contributed by atoms with Gasteiger partial charge >= 0.3 is 0 Å². The summed E-state index contributed by atoms with van der Waals surface area (Å²) in [4.78, 5) is 14.1. The van der Waals surface area contributed by atoms with Gasteiger partial charge in [0.1, 0.15) is 6.04 Å². The highest BCUT2D eigenvalue weighted by Gasteiger charge is 2.25. The molecule has 132 valence electrons. The first-order chi connectivity index (χ1) is 12.7. The Morgan fingerprint density at radius 3 is 2.77 bits per heavy atom. The number of fused-ring (bicyclic) bond motifs is 1. The second-order valence-corrected chi connectivity index (χ2v) is 6.63. The van der Waals surface area contributed by atoms with Crippen molar-refractivity contribution in [1.29, 1.82) is 0 Å². The van der Waals surface area contributed by atoms with Crippen molar-refractivity contribution in [2.75, 3.05) is 0 Å². The van der Waals surface area contributed by atoms with Crippen molar-refractivity contribution < 1.29 is 4.79 Å². The minimum Gasteiger partial charge on any atom is -0.347 e. The lowest BCUT2D eigenvalue weighted by molar-refractivity contribution is -0.125. The molecule has 4 rings (SSSR count). The van der Waals surface area contributed by atoms with Crippen LogP contribution in [0.5, 0.6) is 0 Å². The Balaban J connectivity index is 1.48. The fraction of sp³-hybridized carbons (Fsp3) is 0.300. The standard InChI is InChI=1S/C20H21N5O/c1-14(25-23-19(22-24-25)16-9-3-2-4-10-16)20(26)21-18-13-7-11-15-8-5-6-12-17(15)18/h2-6,8-10,12,14,18H,7,11,13H2,1H3,(H,21,26). The van der Waals surface area contributed by atoms with Gasteiger partial charge in [-0.3, -0.25) is 4.79 Å². The SMILES string of the molecule is CC(C(=O)NC1CCCc2ccccc21)n1nnc(-c2ccccc2)n1. The highest BCUT2D eigenvalue weighted by molar-refractivity contribution is 5.80. The molecule has 0 bridgehead atoms. The number of hydrogen-bond donors (Lipinski definition) is 1. The number of nitrogens with zero attached hydrogens (tertiary/aromatic N) is 4. The van der Waals surface area contributed by atoms with Crippen LogP contribution >= 0.6 is 0 Å². The smallest absolute Gasteiger partial charge is 0.247 e. The molecule has 0 radical (unpaired) electrons. The van der Waals surface area contributed by atoms with Crippen LogP contribution in [0.4, 0.5) is 0 Å². The molecule has 6 heteroatoms. The molecular formula is C20H21N5O. The van der Waals surface area contributed by atoms with Gasteiger partial charge in [0, 0.05) is 5.56 Å². The minimum atomic E-state index is -0.519. The fourth-order valence-electron chi connectivity index (χ4n) is 3.39. The van der Waals surface area contributed by atoms with Gasteiger partial charge < -0.3 is 5.32 Å². The molecule has 0 aliphatic heterocycles. The van der Waals surface area contributed by atoms with Crippen LogP contribution in [0.15, 0.2) is 54.6 Å². The minimum absolute atomic E-state index is 0.0482. The molecule has 3 aromatic rings. The number of aromatic nitrogens is 4. The second-order valence-electron chi connectivity index (χ2n) is 6.63. The Labute approximate surface area is 152 Å². The molecule has 2 atom stereocenters. The number of carbonyl (C=O) groups is 1. The Hall–Kier alpha value is -3.02. The third kappa shape index (κ3) is 3.22. The number of amides is 1. The third-order valence-electron chi connectivity index (χ3n) is 4.87. The van der Waals surface area contributed by atoms with Crippen molar-refractivity contribution in [3.63, 3.8) is 0 Å². The summed E-state index contributed by atoms with van der Waals surface area (Å²) in [5.41, 5.74) is 3.42. The van der Waals surface area contributed by atoms with E-state index < -0.39 is 6.04 Å². The Morgan fingerprint density at radius 1 is 1.15 bits per heavy atom. The molecule has 0 fully saturated rings. The van der Waals surface area contributed by atoms with Gasteiger partial charge in [0.2, 0.25) is 11.7 Å². The summed E-state index contributed by atoms with van der Waals surface area (Å²) in [6.07, 6.45) is 3.11. The van der Waals surface area contributed by atoms with E-state index in [1.807, 2.05) is 36.4 Å². The fourth-order valence-corrected chi connectivity index (χ4v) is 3.39. The van der Waals surface area contributed by atoms with Crippen molar-refractivity contribution in [2.45, 2.75) is 38.3 Å². The molecule has 1 heterocycles. The summed E-state index contributed by atoms with van der Waals surface area (Å²) in [5.74, 6) is 0.428. The topological polar surface area (TPSA) is 72.7 Å². The van der Waals surface area contributed by atoms with Crippen molar-refractivity contribution in [3.8, 4) is 11.4 Å². The molecule has 1 N–H and O–H groups in total. The number of hydrogen-bond acceptors (Lipinski definition) is 4. The number of benzene rings is 2. The predicted octanol–water partition coefficient (Wildman–Crippen LogP) is 3.09. The maximum atomic E-state index is 12.7.